The van der Waals surface area contributed by atoms with Gasteiger partial charge in [0.1, 0.15) is 0 Å². The van der Waals surface area contributed by atoms with Crippen molar-refractivity contribution in [3.63, 3.8) is 0 Å². The van der Waals surface area contributed by atoms with Gasteiger partial charge in [-0.15, -0.1) is 10.2 Å². The number of rotatable bonds is 4. The Kier molecular flexibility index (Phi) is 3.51. The molecule has 0 aliphatic heterocycles. The smallest absolute Gasteiger partial charge is 0.335 e. The summed E-state index contributed by atoms with van der Waals surface area (Å²) in [4.78, 5) is 24.0. The number of hydrogen-bond acceptors (Lipinski definition) is 5. The molecular weight excluding hydrogens is 250 g/mol. The van der Waals surface area contributed by atoms with Crippen molar-refractivity contribution in [3.05, 3.63) is 41.2 Å². The number of carbonyl (C=O) groups excluding carboxylic acids is 1. The molecule has 8 heteroatoms. The molecule has 0 unspecified atom stereocenters. The van der Waals surface area contributed by atoms with E-state index in [9.17, 15) is 9.59 Å². The quantitative estimate of drug-likeness (QED) is 0.811. The van der Waals surface area contributed by atoms with Crippen molar-refractivity contribution in [2.75, 3.05) is 7.05 Å². The number of H-pyrrole nitrogens is 1. The average Bonchev–Trinajstić information content (AvgIpc) is 2.92. The molecular formula is C11H11N5O3. The minimum atomic E-state index is -0.984. The van der Waals surface area contributed by atoms with E-state index in [1.165, 1.54) is 17.0 Å². The number of amides is 1. The molecule has 0 saturated heterocycles. The minimum absolute atomic E-state index is 0.00958. The lowest BCUT2D eigenvalue weighted by molar-refractivity contribution is 0.0695. The van der Waals surface area contributed by atoms with Crippen molar-refractivity contribution in [3.8, 4) is 0 Å². The molecule has 98 valence electrons. The topological polar surface area (TPSA) is 112 Å². The van der Waals surface area contributed by atoms with Crippen LogP contribution in [-0.4, -0.2) is 49.6 Å². The molecule has 2 aromatic rings. The summed E-state index contributed by atoms with van der Waals surface area (Å²) in [7, 11) is 1.60. The molecule has 1 heterocycles. The number of tetrazole rings is 1. The first kappa shape index (κ1) is 12.7. The van der Waals surface area contributed by atoms with E-state index in [2.05, 4.69) is 20.6 Å². The lowest BCUT2D eigenvalue weighted by Crippen LogP contribution is -2.27. The van der Waals surface area contributed by atoms with Crippen LogP contribution in [-0.2, 0) is 6.54 Å². The van der Waals surface area contributed by atoms with Crippen LogP contribution in [0.25, 0.3) is 0 Å². The van der Waals surface area contributed by atoms with Crippen LogP contribution in [0.1, 0.15) is 26.5 Å². The Morgan fingerprint density at radius 2 is 2.00 bits per heavy atom. The molecule has 19 heavy (non-hydrogen) atoms. The van der Waals surface area contributed by atoms with Gasteiger partial charge in [0.15, 0.2) is 0 Å². The molecule has 1 aromatic heterocycles. The summed E-state index contributed by atoms with van der Waals surface area (Å²) in [5.41, 5.74) is 1.01. The number of aromatic amines is 1. The summed E-state index contributed by atoms with van der Waals surface area (Å²) in [6, 6.07) is 6.29. The van der Waals surface area contributed by atoms with E-state index in [0.717, 1.165) is 5.56 Å². The van der Waals surface area contributed by atoms with Crippen molar-refractivity contribution < 1.29 is 14.7 Å². The Labute approximate surface area is 108 Å². The minimum Gasteiger partial charge on any atom is -0.478 e. The molecule has 0 aliphatic rings. The van der Waals surface area contributed by atoms with E-state index >= 15 is 0 Å². The lowest BCUT2D eigenvalue weighted by atomic mass is 10.1. The van der Waals surface area contributed by atoms with E-state index < -0.39 is 5.97 Å². The highest BCUT2D eigenvalue weighted by atomic mass is 16.4. The molecule has 0 radical (unpaired) electrons. The number of benzene rings is 1. The predicted octanol–water partition coefficient (Wildman–Crippen LogP) is 0.170. The number of aromatic nitrogens is 4. The summed E-state index contributed by atoms with van der Waals surface area (Å²) < 4.78 is 0. The van der Waals surface area contributed by atoms with Crippen LogP contribution in [0.5, 0.6) is 0 Å². The van der Waals surface area contributed by atoms with Crippen LogP contribution >= 0.6 is 0 Å². The van der Waals surface area contributed by atoms with Gasteiger partial charge in [-0.3, -0.25) is 4.79 Å². The van der Waals surface area contributed by atoms with Gasteiger partial charge in [0.2, 0.25) is 0 Å². The summed E-state index contributed by atoms with van der Waals surface area (Å²) in [6.07, 6.45) is 0. The van der Waals surface area contributed by atoms with Crippen LogP contribution in [0.3, 0.4) is 0 Å². The molecule has 0 spiro atoms. The maximum atomic E-state index is 11.8. The van der Waals surface area contributed by atoms with Crippen molar-refractivity contribution >= 4 is 11.9 Å². The Morgan fingerprint density at radius 3 is 2.53 bits per heavy atom. The van der Waals surface area contributed by atoms with Crippen LogP contribution in [0.2, 0.25) is 0 Å². The Hall–Kier alpha value is -2.77. The predicted molar refractivity (Wildman–Crippen MR) is 63.4 cm³/mol. The molecule has 1 amide bonds. The van der Waals surface area contributed by atoms with Crippen molar-refractivity contribution in [1.29, 1.82) is 0 Å². The zero-order valence-electron chi connectivity index (χ0n) is 10.1. The van der Waals surface area contributed by atoms with E-state index in [4.69, 9.17) is 5.11 Å². The highest BCUT2D eigenvalue weighted by molar-refractivity contribution is 5.90. The van der Waals surface area contributed by atoms with Crippen molar-refractivity contribution in [2.45, 2.75) is 6.54 Å². The third-order valence-electron chi connectivity index (χ3n) is 2.50. The highest BCUT2D eigenvalue weighted by Crippen LogP contribution is 2.08. The number of nitrogens with one attached hydrogen (secondary N) is 1. The second-order valence-corrected chi connectivity index (χ2v) is 3.90. The monoisotopic (exact) mass is 261 g/mol. The SMILES string of the molecule is CN(Cc1ccc(C(=O)O)cc1)C(=O)c1nn[nH]n1. The third kappa shape index (κ3) is 2.92. The fourth-order valence-corrected chi connectivity index (χ4v) is 1.52. The molecule has 0 saturated carbocycles. The fourth-order valence-electron chi connectivity index (χ4n) is 1.52. The molecule has 8 nitrogen and oxygen atoms in total. The van der Waals surface area contributed by atoms with Gasteiger partial charge in [-0.1, -0.05) is 12.1 Å². The number of aromatic carboxylic acids is 1. The zero-order valence-corrected chi connectivity index (χ0v) is 10.1. The first-order valence-electron chi connectivity index (χ1n) is 5.39. The molecule has 0 aliphatic carbocycles. The van der Waals surface area contributed by atoms with Gasteiger partial charge in [0.25, 0.3) is 11.7 Å². The number of hydrogen-bond donors (Lipinski definition) is 2. The Morgan fingerprint density at radius 1 is 1.32 bits per heavy atom. The van der Waals surface area contributed by atoms with Crippen LogP contribution in [0, 0.1) is 0 Å². The number of carbonyl (C=O) groups is 2. The summed E-state index contributed by atoms with van der Waals surface area (Å²) >= 11 is 0. The molecule has 0 atom stereocenters. The van der Waals surface area contributed by atoms with Gasteiger partial charge in [-0.25, -0.2) is 4.79 Å². The summed E-state index contributed by atoms with van der Waals surface area (Å²) in [6.45, 7) is 0.327. The zero-order chi connectivity index (χ0) is 13.8. The van der Waals surface area contributed by atoms with E-state index in [-0.39, 0.29) is 17.3 Å². The second kappa shape index (κ2) is 5.25. The third-order valence-corrected chi connectivity index (χ3v) is 2.50. The lowest BCUT2D eigenvalue weighted by Gasteiger charge is -2.15. The van der Waals surface area contributed by atoms with E-state index in [0.29, 0.717) is 6.54 Å². The normalized spacial score (nSPS) is 10.2. The van der Waals surface area contributed by atoms with Crippen molar-refractivity contribution in [2.24, 2.45) is 0 Å². The largest absolute Gasteiger partial charge is 0.478 e. The highest BCUT2D eigenvalue weighted by Gasteiger charge is 2.16. The van der Waals surface area contributed by atoms with E-state index in [1.807, 2.05) is 0 Å². The maximum Gasteiger partial charge on any atom is 0.335 e. The molecule has 2 N–H and O–H groups in total. The van der Waals surface area contributed by atoms with Gasteiger partial charge in [0.05, 0.1) is 5.56 Å². The molecule has 1 aromatic carbocycles. The fraction of sp³-hybridized carbons (Fsp3) is 0.182. The van der Waals surface area contributed by atoms with Gasteiger partial charge in [0, 0.05) is 13.6 Å². The molecule has 2 rings (SSSR count). The van der Waals surface area contributed by atoms with Crippen molar-refractivity contribution in [1.82, 2.24) is 25.5 Å². The Bertz CT molecular complexity index is 579. The second-order valence-electron chi connectivity index (χ2n) is 3.90. The number of carboxylic acids is 1. The van der Waals surface area contributed by atoms with Gasteiger partial charge >= 0.3 is 5.97 Å². The molecule has 0 bridgehead atoms. The first-order chi connectivity index (χ1) is 9.08. The standard InChI is InChI=1S/C11H11N5O3/c1-16(10(17)9-12-14-15-13-9)6-7-2-4-8(5-3-7)11(18)19/h2-5H,6H2,1H3,(H,18,19)(H,12,13,14,15). The van der Waals surface area contributed by atoms with Gasteiger partial charge < -0.3 is 10.0 Å². The first-order valence-corrected chi connectivity index (χ1v) is 5.39. The van der Waals surface area contributed by atoms with E-state index in [1.54, 1.807) is 19.2 Å². The molecule has 0 fully saturated rings. The maximum absolute atomic E-state index is 11.8. The van der Waals surface area contributed by atoms with Gasteiger partial charge in [-0.05, 0) is 22.9 Å². The summed E-state index contributed by atoms with van der Waals surface area (Å²) in [5, 5.41) is 21.5. The summed E-state index contributed by atoms with van der Waals surface area (Å²) in [5.74, 6) is -1.36. The van der Waals surface area contributed by atoms with Crippen LogP contribution < -0.4 is 0 Å². The van der Waals surface area contributed by atoms with Gasteiger partial charge in [-0.2, -0.15) is 5.21 Å². The van der Waals surface area contributed by atoms with Crippen LogP contribution in [0.15, 0.2) is 24.3 Å². The Balaban J connectivity index is 2.04. The van der Waals surface area contributed by atoms with Crippen LogP contribution in [0.4, 0.5) is 0 Å². The average molecular weight is 261 g/mol. The number of carboxylic acid groups (broad SMARTS) is 1. The number of nitrogens with zero attached hydrogens (tertiary/aromatic N) is 4.